The normalized spacial score (nSPS) is 12.1. The molecule has 0 bridgehead atoms. The maximum atomic E-state index is 10.9. The first kappa shape index (κ1) is 13.2. The van der Waals surface area contributed by atoms with Crippen LogP contribution in [0.4, 0.5) is 5.69 Å². The van der Waals surface area contributed by atoms with E-state index in [0.29, 0.717) is 12.1 Å². The molecule has 0 saturated heterocycles. The van der Waals surface area contributed by atoms with E-state index in [9.17, 15) is 10.1 Å². The van der Waals surface area contributed by atoms with E-state index in [1.807, 2.05) is 43.3 Å². The Balaban J connectivity index is 2.05. The third-order valence-electron chi connectivity index (χ3n) is 3.09. The largest absolute Gasteiger partial charge is 0.306 e. The van der Waals surface area contributed by atoms with Crippen molar-refractivity contribution in [3.8, 4) is 0 Å². The maximum absolute atomic E-state index is 10.9. The molecule has 0 heterocycles. The van der Waals surface area contributed by atoms with Crippen molar-refractivity contribution in [3.63, 3.8) is 0 Å². The van der Waals surface area contributed by atoms with Crippen LogP contribution in [0.15, 0.2) is 54.6 Å². The molecule has 0 aliphatic rings. The van der Waals surface area contributed by atoms with E-state index < -0.39 is 0 Å². The highest BCUT2D eigenvalue weighted by molar-refractivity contribution is 5.39. The number of hydrogen-bond donors (Lipinski definition) is 1. The van der Waals surface area contributed by atoms with Gasteiger partial charge >= 0.3 is 0 Å². The Morgan fingerprint density at radius 2 is 1.74 bits per heavy atom. The predicted molar refractivity (Wildman–Crippen MR) is 74.8 cm³/mol. The highest BCUT2D eigenvalue weighted by Gasteiger charge is 2.13. The Labute approximate surface area is 112 Å². The third kappa shape index (κ3) is 3.39. The Hall–Kier alpha value is -2.20. The summed E-state index contributed by atoms with van der Waals surface area (Å²) in [5.41, 5.74) is 2.03. The lowest BCUT2D eigenvalue weighted by Crippen LogP contribution is -2.18. The molecule has 0 radical (unpaired) electrons. The van der Waals surface area contributed by atoms with Crippen LogP contribution in [-0.4, -0.2) is 4.92 Å². The Morgan fingerprint density at radius 1 is 1.11 bits per heavy atom. The van der Waals surface area contributed by atoms with Gasteiger partial charge in [0.15, 0.2) is 0 Å². The van der Waals surface area contributed by atoms with Crippen molar-refractivity contribution in [2.45, 2.75) is 19.5 Å². The SMILES string of the molecule is C[C@H](NCc1ccccc1[N+](=O)[O-])c1ccccc1. The second kappa shape index (κ2) is 6.11. The second-order valence-corrected chi connectivity index (χ2v) is 4.40. The van der Waals surface area contributed by atoms with Crippen molar-refractivity contribution in [1.29, 1.82) is 0 Å². The molecule has 4 heteroatoms. The molecule has 2 aromatic carbocycles. The quantitative estimate of drug-likeness (QED) is 0.658. The Bertz CT molecular complexity index is 555. The lowest BCUT2D eigenvalue weighted by atomic mass is 10.1. The minimum absolute atomic E-state index is 0.154. The first-order valence-corrected chi connectivity index (χ1v) is 6.19. The highest BCUT2D eigenvalue weighted by atomic mass is 16.6. The van der Waals surface area contributed by atoms with Gasteiger partial charge in [-0.3, -0.25) is 10.1 Å². The number of nitrogens with zero attached hydrogens (tertiary/aromatic N) is 1. The summed E-state index contributed by atoms with van der Waals surface area (Å²) in [6.45, 7) is 2.53. The molecular weight excluding hydrogens is 240 g/mol. The molecule has 1 atom stereocenters. The highest BCUT2D eigenvalue weighted by Crippen LogP contribution is 2.19. The standard InChI is InChI=1S/C15H16N2O2/c1-12(13-7-3-2-4-8-13)16-11-14-9-5-6-10-15(14)17(18)19/h2-10,12,16H,11H2,1H3/t12-/m0/s1. The zero-order chi connectivity index (χ0) is 13.7. The number of nitrogens with one attached hydrogen (secondary N) is 1. The molecule has 0 unspecified atom stereocenters. The molecule has 0 aliphatic carbocycles. The average Bonchev–Trinajstić information content (AvgIpc) is 2.46. The fraction of sp³-hybridized carbons (Fsp3) is 0.200. The lowest BCUT2D eigenvalue weighted by molar-refractivity contribution is -0.385. The van der Waals surface area contributed by atoms with Crippen LogP contribution in [0, 0.1) is 10.1 Å². The van der Waals surface area contributed by atoms with E-state index in [1.165, 1.54) is 11.6 Å². The van der Waals surface area contributed by atoms with Crippen LogP contribution in [0.3, 0.4) is 0 Å². The van der Waals surface area contributed by atoms with Gasteiger partial charge in [-0.2, -0.15) is 0 Å². The summed E-state index contributed by atoms with van der Waals surface area (Å²) < 4.78 is 0. The number of nitro benzene ring substituents is 1. The van der Waals surface area contributed by atoms with Gasteiger partial charge in [0.25, 0.3) is 5.69 Å². The Kier molecular flexibility index (Phi) is 4.26. The van der Waals surface area contributed by atoms with Crippen LogP contribution in [0.1, 0.15) is 24.1 Å². The average molecular weight is 256 g/mol. The lowest BCUT2D eigenvalue weighted by Gasteiger charge is -2.14. The van der Waals surface area contributed by atoms with E-state index >= 15 is 0 Å². The van der Waals surface area contributed by atoms with Crippen molar-refractivity contribution in [3.05, 3.63) is 75.8 Å². The summed E-state index contributed by atoms with van der Waals surface area (Å²) in [5, 5.41) is 14.2. The molecule has 19 heavy (non-hydrogen) atoms. The molecule has 0 saturated carbocycles. The molecule has 1 N–H and O–H groups in total. The number of nitro groups is 1. The van der Waals surface area contributed by atoms with E-state index in [2.05, 4.69) is 5.32 Å². The molecule has 2 rings (SSSR count). The fourth-order valence-corrected chi connectivity index (χ4v) is 1.96. The smallest absolute Gasteiger partial charge is 0.273 e. The van der Waals surface area contributed by atoms with Gasteiger partial charge in [-0.1, -0.05) is 48.5 Å². The van der Waals surface area contributed by atoms with Crippen LogP contribution in [0.2, 0.25) is 0 Å². The number of rotatable bonds is 5. The molecule has 0 spiro atoms. The summed E-state index contributed by atoms with van der Waals surface area (Å²) in [6.07, 6.45) is 0. The van der Waals surface area contributed by atoms with Crippen molar-refractivity contribution in [1.82, 2.24) is 5.32 Å². The molecule has 0 fully saturated rings. The van der Waals surface area contributed by atoms with E-state index in [0.717, 1.165) is 0 Å². The summed E-state index contributed by atoms with van der Waals surface area (Å²) in [5.74, 6) is 0. The molecule has 98 valence electrons. The molecule has 4 nitrogen and oxygen atoms in total. The van der Waals surface area contributed by atoms with E-state index in [4.69, 9.17) is 0 Å². The predicted octanol–water partition coefficient (Wildman–Crippen LogP) is 3.45. The van der Waals surface area contributed by atoms with Gasteiger partial charge in [0, 0.05) is 24.2 Å². The second-order valence-electron chi connectivity index (χ2n) is 4.40. The maximum Gasteiger partial charge on any atom is 0.273 e. The van der Waals surface area contributed by atoms with Crippen molar-refractivity contribution >= 4 is 5.69 Å². The molecule has 0 aromatic heterocycles. The van der Waals surface area contributed by atoms with Gasteiger partial charge in [0.1, 0.15) is 0 Å². The summed E-state index contributed by atoms with van der Waals surface area (Å²) >= 11 is 0. The molecule has 0 amide bonds. The van der Waals surface area contributed by atoms with Gasteiger partial charge in [0.2, 0.25) is 0 Å². The summed E-state index contributed by atoms with van der Waals surface area (Å²) in [6, 6.07) is 17.0. The topological polar surface area (TPSA) is 55.2 Å². The molecular formula is C15H16N2O2. The zero-order valence-electron chi connectivity index (χ0n) is 10.7. The van der Waals surface area contributed by atoms with Gasteiger partial charge in [0.05, 0.1) is 4.92 Å². The summed E-state index contributed by atoms with van der Waals surface area (Å²) in [4.78, 5) is 10.6. The van der Waals surface area contributed by atoms with Gasteiger partial charge in [-0.25, -0.2) is 0 Å². The molecule has 0 aliphatic heterocycles. The van der Waals surface area contributed by atoms with Crippen molar-refractivity contribution in [2.24, 2.45) is 0 Å². The number of hydrogen-bond acceptors (Lipinski definition) is 3. The number of para-hydroxylation sites is 1. The molecule has 2 aromatic rings. The van der Waals surface area contributed by atoms with Crippen LogP contribution in [-0.2, 0) is 6.54 Å². The van der Waals surface area contributed by atoms with Crippen LogP contribution >= 0.6 is 0 Å². The van der Waals surface area contributed by atoms with Gasteiger partial charge < -0.3 is 5.32 Å². The fourth-order valence-electron chi connectivity index (χ4n) is 1.96. The van der Waals surface area contributed by atoms with Gasteiger partial charge in [-0.15, -0.1) is 0 Å². The van der Waals surface area contributed by atoms with Crippen LogP contribution < -0.4 is 5.32 Å². The van der Waals surface area contributed by atoms with E-state index in [-0.39, 0.29) is 16.7 Å². The Morgan fingerprint density at radius 3 is 2.42 bits per heavy atom. The van der Waals surface area contributed by atoms with Crippen molar-refractivity contribution < 1.29 is 4.92 Å². The third-order valence-corrected chi connectivity index (χ3v) is 3.09. The van der Waals surface area contributed by atoms with Crippen LogP contribution in [0.25, 0.3) is 0 Å². The first-order valence-electron chi connectivity index (χ1n) is 6.19. The zero-order valence-corrected chi connectivity index (χ0v) is 10.7. The van der Waals surface area contributed by atoms with Crippen molar-refractivity contribution in [2.75, 3.05) is 0 Å². The summed E-state index contributed by atoms with van der Waals surface area (Å²) in [7, 11) is 0. The first-order chi connectivity index (χ1) is 9.18. The number of benzene rings is 2. The monoisotopic (exact) mass is 256 g/mol. The minimum atomic E-state index is -0.343. The van der Waals surface area contributed by atoms with Gasteiger partial charge in [-0.05, 0) is 12.5 Å². The van der Waals surface area contributed by atoms with E-state index in [1.54, 1.807) is 12.1 Å². The van der Waals surface area contributed by atoms with Crippen LogP contribution in [0.5, 0.6) is 0 Å². The minimum Gasteiger partial charge on any atom is -0.306 e.